The van der Waals surface area contributed by atoms with Gasteiger partial charge in [0.05, 0.1) is 28.1 Å². The summed E-state index contributed by atoms with van der Waals surface area (Å²) in [4.78, 5) is 2.37. The molecule has 0 saturated carbocycles. The molecular weight excluding hydrogens is 613 g/mol. The van der Waals surface area contributed by atoms with Crippen LogP contribution in [-0.4, -0.2) is 4.57 Å². The van der Waals surface area contributed by atoms with E-state index >= 15 is 0 Å². The molecule has 0 aliphatic heterocycles. The van der Waals surface area contributed by atoms with Crippen LogP contribution in [0, 0.1) is 0 Å². The van der Waals surface area contributed by atoms with Crippen LogP contribution in [0.15, 0.2) is 179 Å². The van der Waals surface area contributed by atoms with Crippen LogP contribution in [0.3, 0.4) is 0 Å². The van der Waals surface area contributed by atoms with Gasteiger partial charge in [-0.15, -0.1) is 0 Å². The van der Waals surface area contributed by atoms with Crippen LogP contribution in [0.5, 0.6) is 0 Å². The molecule has 0 amide bonds. The maximum absolute atomic E-state index is 6.88. The van der Waals surface area contributed by atoms with Crippen molar-refractivity contribution in [3.05, 3.63) is 170 Å². The van der Waals surface area contributed by atoms with E-state index in [0.29, 0.717) is 0 Å². The molecule has 8 aromatic carbocycles. The van der Waals surface area contributed by atoms with Crippen LogP contribution < -0.4 is 4.90 Å². The summed E-state index contributed by atoms with van der Waals surface area (Å²) in [6.07, 6.45) is 0. The summed E-state index contributed by atoms with van der Waals surface area (Å²) < 4.78 is 16.0. The number of hydrogen-bond acceptors (Lipinski definition) is 3. The van der Waals surface area contributed by atoms with E-state index in [4.69, 9.17) is 8.83 Å². The molecule has 4 nitrogen and oxygen atoms in total. The second-order valence-electron chi connectivity index (χ2n) is 12.9. The first-order valence-corrected chi connectivity index (χ1v) is 16.9. The lowest BCUT2D eigenvalue weighted by atomic mass is 10.0. The lowest BCUT2D eigenvalue weighted by molar-refractivity contribution is 0.666. The van der Waals surface area contributed by atoms with Crippen molar-refractivity contribution in [2.75, 3.05) is 4.90 Å². The lowest BCUT2D eigenvalue weighted by Crippen LogP contribution is -2.11. The Morgan fingerprint density at radius 1 is 0.380 bits per heavy atom. The molecule has 234 valence electrons. The number of furan rings is 2. The van der Waals surface area contributed by atoms with Gasteiger partial charge in [0.25, 0.3) is 0 Å². The summed E-state index contributed by atoms with van der Waals surface area (Å²) in [5.41, 5.74) is 9.71. The fraction of sp³-hybridized carbons (Fsp3) is 0. The van der Waals surface area contributed by atoms with E-state index in [-0.39, 0.29) is 0 Å². The highest BCUT2D eigenvalue weighted by molar-refractivity contribution is 6.25. The smallest absolute Gasteiger partial charge is 0.160 e. The Kier molecular flexibility index (Phi) is 5.63. The highest BCUT2D eigenvalue weighted by Gasteiger charge is 2.27. The van der Waals surface area contributed by atoms with Crippen molar-refractivity contribution in [1.82, 2.24) is 4.57 Å². The van der Waals surface area contributed by atoms with Gasteiger partial charge in [0.2, 0.25) is 0 Å². The molecule has 0 aliphatic rings. The third-order valence-electron chi connectivity index (χ3n) is 10.1. The van der Waals surface area contributed by atoms with Crippen LogP contribution >= 0.6 is 0 Å². The van der Waals surface area contributed by atoms with Crippen molar-refractivity contribution < 1.29 is 8.83 Å². The van der Waals surface area contributed by atoms with Crippen molar-refractivity contribution in [3.8, 4) is 5.69 Å². The van der Waals surface area contributed by atoms with Gasteiger partial charge in [0.1, 0.15) is 11.2 Å². The van der Waals surface area contributed by atoms with E-state index in [2.05, 4.69) is 161 Å². The third-order valence-corrected chi connectivity index (χ3v) is 10.1. The molecule has 11 aromatic rings. The molecule has 0 saturated heterocycles. The molecule has 3 heterocycles. The van der Waals surface area contributed by atoms with E-state index in [9.17, 15) is 0 Å². The normalized spacial score (nSPS) is 12.0. The fourth-order valence-electron chi connectivity index (χ4n) is 8.06. The number of hydrogen-bond donors (Lipinski definition) is 0. The van der Waals surface area contributed by atoms with Gasteiger partial charge < -0.3 is 18.3 Å². The third kappa shape index (κ3) is 3.76. The average Bonchev–Trinajstić information content (AvgIpc) is 3.86. The maximum atomic E-state index is 6.88. The van der Waals surface area contributed by atoms with Crippen molar-refractivity contribution >= 4 is 93.5 Å². The quantitative estimate of drug-likeness (QED) is 0.192. The zero-order chi connectivity index (χ0) is 32.8. The van der Waals surface area contributed by atoms with E-state index in [1.165, 1.54) is 5.39 Å². The molecule has 3 aromatic heterocycles. The number of aromatic nitrogens is 1. The highest BCUT2D eigenvalue weighted by atomic mass is 16.3. The van der Waals surface area contributed by atoms with Crippen LogP contribution in [0.4, 0.5) is 17.1 Å². The van der Waals surface area contributed by atoms with Crippen molar-refractivity contribution in [2.45, 2.75) is 0 Å². The molecule has 0 atom stereocenters. The Labute approximate surface area is 286 Å². The zero-order valence-corrected chi connectivity index (χ0v) is 26.9. The number of nitrogens with zero attached hydrogens (tertiary/aromatic N) is 2. The van der Waals surface area contributed by atoms with Gasteiger partial charge in [0, 0.05) is 38.0 Å². The van der Waals surface area contributed by atoms with Gasteiger partial charge in [-0.25, -0.2) is 0 Å². The fourth-order valence-corrected chi connectivity index (χ4v) is 8.06. The topological polar surface area (TPSA) is 34.5 Å². The van der Waals surface area contributed by atoms with Crippen LogP contribution in [0.1, 0.15) is 0 Å². The number of para-hydroxylation sites is 5. The van der Waals surface area contributed by atoms with E-state index < -0.39 is 0 Å². The molecule has 4 heteroatoms. The van der Waals surface area contributed by atoms with Gasteiger partial charge in [0.15, 0.2) is 11.2 Å². The van der Waals surface area contributed by atoms with Gasteiger partial charge >= 0.3 is 0 Å². The molecule has 0 bridgehead atoms. The Bertz CT molecular complexity index is 3110. The molecule has 0 unspecified atom stereocenters. The van der Waals surface area contributed by atoms with Crippen LogP contribution in [0.25, 0.3) is 82.1 Å². The van der Waals surface area contributed by atoms with Gasteiger partial charge in [-0.1, -0.05) is 115 Å². The second-order valence-corrected chi connectivity index (χ2v) is 12.9. The lowest BCUT2D eigenvalue weighted by Gasteiger charge is -2.27. The monoisotopic (exact) mass is 640 g/mol. The highest BCUT2D eigenvalue weighted by Crippen LogP contribution is 2.50. The van der Waals surface area contributed by atoms with Crippen molar-refractivity contribution in [3.63, 3.8) is 0 Å². The first kappa shape index (κ1) is 27.2. The molecule has 0 spiro atoms. The molecule has 11 rings (SSSR count). The van der Waals surface area contributed by atoms with Crippen LogP contribution in [0.2, 0.25) is 0 Å². The Balaban J connectivity index is 1.34. The Morgan fingerprint density at radius 3 is 1.84 bits per heavy atom. The summed E-state index contributed by atoms with van der Waals surface area (Å²) in [5, 5.41) is 9.00. The van der Waals surface area contributed by atoms with E-state index in [1.54, 1.807) is 0 Å². The first-order chi connectivity index (χ1) is 24.8. The van der Waals surface area contributed by atoms with Gasteiger partial charge in [-0.2, -0.15) is 0 Å². The van der Waals surface area contributed by atoms with Gasteiger partial charge in [-0.05, 0) is 65.4 Å². The van der Waals surface area contributed by atoms with Crippen LogP contribution in [-0.2, 0) is 0 Å². The zero-order valence-electron chi connectivity index (χ0n) is 26.9. The van der Waals surface area contributed by atoms with E-state index in [1.807, 2.05) is 18.2 Å². The minimum atomic E-state index is 0.829. The standard InChI is InChI=1S/C46H28N2O2/c1-2-15-30(16-3-1)47-36-22-9-6-19-34(36)44-37(47)23-13-24-38(44)48(39-25-12-21-33-32-18-7-10-26-41(32)49-45(33)39)40-28-29-14-4-5-17-31(29)43-35-20-8-11-27-42(35)50-46(40)43/h1-28H. The summed E-state index contributed by atoms with van der Waals surface area (Å²) in [7, 11) is 0. The van der Waals surface area contributed by atoms with Crippen molar-refractivity contribution in [1.29, 1.82) is 0 Å². The SMILES string of the molecule is c1ccc(-n2c3ccccc3c3c(N(c4cccc5c4oc4ccccc45)c4cc5ccccc5c5c4oc4ccccc45)cccc32)cc1. The molecule has 0 N–H and O–H groups in total. The number of anilines is 3. The Morgan fingerprint density at radius 2 is 0.980 bits per heavy atom. The summed E-state index contributed by atoms with van der Waals surface area (Å²) >= 11 is 0. The second kappa shape index (κ2) is 10.4. The summed E-state index contributed by atoms with van der Waals surface area (Å²) in [6.45, 7) is 0. The number of benzene rings is 8. The maximum Gasteiger partial charge on any atom is 0.160 e. The number of fused-ring (bicyclic) bond motifs is 11. The molecule has 0 radical (unpaired) electrons. The molecule has 50 heavy (non-hydrogen) atoms. The average molecular weight is 641 g/mol. The van der Waals surface area contributed by atoms with Gasteiger partial charge in [-0.3, -0.25) is 0 Å². The summed E-state index contributed by atoms with van der Waals surface area (Å²) in [6, 6.07) is 59.9. The molecule has 0 fully saturated rings. The van der Waals surface area contributed by atoms with E-state index in [0.717, 1.165) is 93.8 Å². The first-order valence-electron chi connectivity index (χ1n) is 16.9. The minimum Gasteiger partial charge on any atom is -0.454 e. The molecular formula is C46H28N2O2. The Hall–Kier alpha value is -6.78. The predicted octanol–water partition coefficient (Wildman–Crippen LogP) is 13.2. The number of rotatable bonds is 4. The molecule has 0 aliphatic carbocycles. The van der Waals surface area contributed by atoms with Crippen molar-refractivity contribution in [2.24, 2.45) is 0 Å². The minimum absolute atomic E-state index is 0.829. The predicted molar refractivity (Wildman–Crippen MR) is 208 cm³/mol. The largest absolute Gasteiger partial charge is 0.454 e. The summed E-state index contributed by atoms with van der Waals surface area (Å²) in [5.74, 6) is 0.